The SMILES string of the molecule is COc1ccc(Oc2c(Cl)cc(NC(=O)CCC(N)=O)cc2Cl)cc1C(C)C. The van der Waals surface area contributed by atoms with Crippen molar-refractivity contribution in [1.82, 2.24) is 0 Å². The number of primary amides is 1. The highest BCUT2D eigenvalue weighted by atomic mass is 35.5. The molecule has 2 rings (SSSR count). The van der Waals surface area contributed by atoms with E-state index in [1.54, 1.807) is 13.2 Å². The minimum absolute atomic E-state index is 0.0212. The van der Waals surface area contributed by atoms with E-state index in [-0.39, 0.29) is 40.5 Å². The average Bonchev–Trinajstić information content (AvgIpc) is 2.62. The molecule has 0 aliphatic heterocycles. The number of halogens is 2. The van der Waals surface area contributed by atoms with E-state index in [0.717, 1.165) is 11.3 Å². The lowest BCUT2D eigenvalue weighted by Crippen LogP contribution is -2.17. The Morgan fingerprint density at radius 3 is 2.29 bits per heavy atom. The molecule has 3 N–H and O–H groups in total. The number of amides is 2. The highest BCUT2D eigenvalue weighted by molar-refractivity contribution is 6.37. The number of hydrogen-bond acceptors (Lipinski definition) is 4. The van der Waals surface area contributed by atoms with Crippen LogP contribution in [0.4, 0.5) is 5.69 Å². The standard InChI is InChI=1S/C20H22Cl2N2O4/c1-11(2)14-10-13(4-5-17(14)27-3)28-20-15(21)8-12(9-16(20)22)24-19(26)7-6-18(23)25/h4-5,8-11H,6-7H2,1-3H3,(H2,23,25)(H,24,26). The van der Waals surface area contributed by atoms with Crippen LogP contribution in [0, 0.1) is 0 Å². The zero-order chi connectivity index (χ0) is 20.8. The molecule has 0 atom stereocenters. The average molecular weight is 425 g/mol. The Kier molecular flexibility index (Phi) is 7.54. The molecule has 0 aliphatic carbocycles. The number of benzene rings is 2. The van der Waals surface area contributed by atoms with Gasteiger partial charge in [0.2, 0.25) is 11.8 Å². The van der Waals surface area contributed by atoms with Crippen LogP contribution in [0.5, 0.6) is 17.2 Å². The molecule has 2 aromatic carbocycles. The molecule has 0 aliphatic rings. The van der Waals surface area contributed by atoms with Gasteiger partial charge in [-0.15, -0.1) is 0 Å². The maximum Gasteiger partial charge on any atom is 0.224 e. The Labute approximate surface area is 173 Å². The summed E-state index contributed by atoms with van der Waals surface area (Å²) in [5, 5.41) is 3.09. The van der Waals surface area contributed by atoms with Gasteiger partial charge in [-0.1, -0.05) is 37.0 Å². The van der Waals surface area contributed by atoms with Gasteiger partial charge < -0.3 is 20.5 Å². The predicted molar refractivity (Wildman–Crippen MR) is 111 cm³/mol. The minimum atomic E-state index is -0.546. The Balaban J connectivity index is 2.20. The molecule has 0 saturated heterocycles. The second kappa shape index (κ2) is 9.66. The number of ether oxygens (including phenoxy) is 2. The van der Waals surface area contributed by atoms with Gasteiger partial charge in [0.25, 0.3) is 0 Å². The summed E-state index contributed by atoms with van der Waals surface area (Å²) in [5.41, 5.74) is 6.43. The van der Waals surface area contributed by atoms with E-state index in [9.17, 15) is 9.59 Å². The second-order valence-electron chi connectivity index (χ2n) is 6.44. The first kappa shape index (κ1) is 21.9. The number of methoxy groups -OCH3 is 1. The Hall–Kier alpha value is -2.44. The van der Waals surface area contributed by atoms with E-state index in [1.165, 1.54) is 12.1 Å². The van der Waals surface area contributed by atoms with E-state index >= 15 is 0 Å². The van der Waals surface area contributed by atoms with Gasteiger partial charge in [0.05, 0.1) is 17.2 Å². The zero-order valence-corrected chi connectivity index (χ0v) is 17.4. The number of anilines is 1. The Morgan fingerprint density at radius 1 is 1.11 bits per heavy atom. The third-order valence-electron chi connectivity index (χ3n) is 3.92. The van der Waals surface area contributed by atoms with Crippen LogP contribution in [0.25, 0.3) is 0 Å². The van der Waals surface area contributed by atoms with Crippen molar-refractivity contribution >= 4 is 40.7 Å². The van der Waals surface area contributed by atoms with Crippen molar-refractivity contribution in [2.24, 2.45) is 5.73 Å². The molecule has 0 heterocycles. The topological polar surface area (TPSA) is 90.7 Å². The summed E-state index contributed by atoms with van der Waals surface area (Å²) in [6.45, 7) is 4.11. The number of hydrogen-bond donors (Lipinski definition) is 2. The number of rotatable bonds is 8. The van der Waals surface area contributed by atoms with Crippen molar-refractivity contribution in [2.75, 3.05) is 12.4 Å². The Bertz CT molecular complexity index is 861. The third kappa shape index (κ3) is 5.78. The zero-order valence-electron chi connectivity index (χ0n) is 15.8. The van der Waals surface area contributed by atoms with Gasteiger partial charge in [-0.25, -0.2) is 0 Å². The van der Waals surface area contributed by atoms with Gasteiger partial charge in [0.1, 0.15) is 11.5 Å². The van der Waals surface area contributed by atoms with E-state index in [1.807, 2.05) is 12.1 Å². The van der Waals surface area contributed by atoms with Gasteiger partial charge >= 0.3 is 0 Å². The summed E-state index contributed by atoms with van der Waals surface area (Å²) >= 11 is 12.6. The molecule has 8 heteroatoms. The summed E-state index contributed by atoms with van der Waals surface area (Å²) < 4.78 is 11.2. The molecule has 0 bridgehead atoms. The lowest BCUT2D eigenvalue weighted by atomic mass is 10.0. The Morgan fingerprint density at radius 2 is 1.75 bits per heavy atom. The van der Waals surface area contributed by atoms with Crippen LogP contribution in [0.2, 0.25) is 10.0 Å². The molecule has 0 radical (unpaired) electrons. The maximum absolute atomic E-state index is 11.8. The lowest BCUT2D eigenvalue weighted by molar-refractivity contribution is -0.122. The van der Waals surface area contributed by atoms with Crippen molar-refractivity contribution in [2.45, 2.75) is 32.6 Å². The molecule has 0 saturated carbocycles. The van der Waals surface area contributed by atoms with E-state index < -0.39 is 5.91 Å². The molecule has 150 valence electrons. The third-order valence-corrected chi connectivity index (χ3v) is 4.49. The fourth-order valence-corrected chi connectivity index (χ4v) is 3.10. The van der Waals surface area contributed by atoms with Crippen molar-refractivity contribution in [1.29, 1.82) is 0 Å². The first-order valence-electron chi connectivity index (χ1n) is 8.64. The fourth-order valence-electron chi connectivity index (χ4n) is 2.53. The van der Waals surface area contributed by atoms with Gasteiger partial charge in [-0.3, -0.25) is 9.59 Å². The van der Waals surface area contributed by atoms with E-state index in [4.69, 9.17) is 38.4 Å². The molecule has 2 amide bonds. The van der Waals surface area contributed by atoms with Crippen LogP contribution in [0.15, 0.2) is 30.3 Å². The highest BCUT2D eigenvalue weighted by Gasteiger charge is 2.15. The summed E-state index contributed by atoms with van der Waals surface area (Å²) in [4.78, 5) is 22.6. The van der Waals surface area contributed by atoms with E-state index in [2.05, 4.69) is 19.2 Å². The molecule has 0 unspecified atom stereocenters. The molecule has 6 nitrogen and oxygen atoms in total. The molecule has 2 aromatic rings. The van der Waals surface area contributed by atoms with Gasteiger partial charge in [0.15, 0.2) is 5.75 Å². The summed E-state index contributed by atoms with van der Waals surface area (Å²) in [5.74, 6) is 0.937. The normalized spacial score (nSPS) is 10.6. The van der Waals surface area contributed by atoms with Crippen LogP contribution in [0.3, 0.4) is 0 Å². The quantitative estimate of drug-likeness (QED) is 0.614. The largest absolute Gasteiger partial charge is 0.496 e. The first-order valence-corrected chi connectivity index (χ1v) is 9.39. The maximum atomic E-state index is 11.8. The van der Waals surface area contributed by atoms with Crippen LogP contribution in [-0.4, -0.2) is 18.9 Å². The highest BCUT2D eigenvalue weighted by Crippen LogP contribution is 2.40. The first-order chi connectivity index (χ1) is 13.2. The van der Waals surface area contributed by atoms with Crippen LogP contribution < -0.4 is 20.5 Å². The van der Waals surface area contributed by atoms with Crippen LogP contribution in [0.1, 0.15) is 38.2 Å². The number of nitrogens with one attached hydrogen (secondary N) is 1. The smallest absolute Gasteiger partial charge is 0.224 e. The predicted octanol–water partition coefficient (Wildman–Crippen LogP) is 5.12. The van der Waals surface area contributed by atoms with E-state index in [0.29, 0.717) is 11.4 Å². The number of nitrogens with two attached hydrogens (primary N) is 1. The summed E-state index contributed by atoms with van der Waals surface area (Å²) in [6.07, 6.45) is -0.0587. The van der Waals surface area contributed by atoms with Gasteiger partial charge in [-0.05, 0) is 36.2 Å². The van der Waals surface area contributed by atoms with Crippen molar-refractivity contribution in [3.63, 3.8) is 0 Å². The summed E-state index contributed by atoms with van der Waals surface area (Å²) in [7, 11) is 1.62. The number of carbonyl (C=O) groups is 2. The fraction of sp³-hybridized carbons (Fsp3) is 0.300. The molecular weight excluding hydrogens is 403 g/mol. The van der Waals surface area contributed by atoms with Crippen LogP contribution >= 0.6 is 23.2 Å². The molecule has 0 spiro atoms. The number of carbonyl (C=O) groups excluding carboxylic acids is 2. The second-order valence-corrected chi connectivity index (χ2v) is 7.26. The molecular formula is C20H22Cl2N2O4. The van der Waals surface area contributed by atoms with Crippen molar-refractivity contribution < 1.29 is 19.1 Å². The van der Waals surface area contributed by atoms with Crippen molar-refractivity contribution in [3.8, 4) is 17.2 Å². The molecule has 0 fully saturated rings. The lowest BCUT2D eigenvalue weighted by Gasteiger charge is -2.16. The van der Waals surface area contributed by atoms with Gasteiger partial charge in [0, 0.05) is 24.1 Å². The van der Waals surface area contributed by atoms with Crippen molar-refractivity contribution in [3.05, 3.63) is 45.9 Å². The monoisotopic (exact) mass is 424 g/mol. The minimum Gasteiger partial charge on any atom is -0.496 e. The van der Waals surface area contributed by atoms with Crippen LogP contribution in [-0.2, 0) is 9.59 Å². The van der Waals surface area contributed by atoms with Gasteiger partial charge in [-0.2, -0.15) is 0 Å². The summed E-state index contributed by atoms with van der Waals surface area (Å²) in [6, 6.07) is 8.50. The molecule has 0 aromatic heterocycles. The molecule has 28 heavy (non-hydrogen) atoms.